The molecular formula is C11H17ClN2O4S2. The molecule has 1 aromatic rings. The van der Waals surface area contributed by atoms with Crippen LogP contribution in [0.1, 0.15) is 12.8 Å². The minimum Gasteiger partial charge on any atom is -0.282 e. The van der Waals surface area contributed by atoms with Crippen LogP contribution >= 0.6 is 11.6 Å². The van der Waals surface area contributed by atoms with E-state index in [9.17, 15) is 16.8 Å². The number of nitrogens with one attached hydrogen (secondary N) is 2. The van der Waals surface area contributed by atoms with E-state index in [0.29, 0.717) is 18.7 Å². The molecule has 114 valence electrons. The molecule has 6 nitrogen and oxygen atoms in total. The zero-order valence-corrected chi connectivity index (χ0v) is 13.4. The monoisotopic (exact) mass is 340 g/mol. The summed E-state index contributed by atoms with van der Waals surface area (Å²) in [5.74, 6) is 0.286. The summed E-state index contributed by atoms with van der Waals surface area (Å²) in [5, 5.41) is 0. The highest BCUT2D eigenvalue weighted by atomic mass is 35.5. The van der Waals surface area contributed by atoms with Gasteiger partial charge < -0.3 is 0 Å². The van der Waals surface area contributed by atoms with Crippen LogP contribution in [0, 0.1) is 0 Å². The first-order valence-corrected chi connectivity index (χ1v) is 9.58. The van der Waals surface area contributed by atoms with Crippen LogP contribution in [-0.4, -0.2) is 35.5 Å². The van der Waals surface area contributed by atoms with Gasteiger partial charge in [-0.1, -0.05) is 12.1 Å². The maximum atomic E-state index is 11.9. The third-order valence-corrected chi connectivity index (χ3v) is 5.60. The van der Waals surface area contributed by atoms with Crippen molar-refractivity contribution in [2.75, 3.05) is 23.4 Å². The fourth-order valence-electron chi connectivity index (χ4n) is 1.50. The van der Waals surface area contributed by atoms with Crippen molar-refractivity contribution in [1.82, 2.24) is 4.72 Å². The number of para-hydroxylation sites is 1. The molecule has 20 heavy (non-hydrogen) atoms. The van der Waals surface area contributed by atoms with Crippen LogP contribution in [0.5, 0.6) is 0 Å². The van der Waals surface area contributed by atoms with Gasteiger partial charge in [-0.3, -0.25) is 4.72 Å². The van der Waals surface area contributed by atoms with E-state index < -0.39 is 20.0 Å². The van der Waals surface area contributed by atoms with Gasteiger partial charge in [-0.05, 0) is 32.0 Å². The molecule has 0 aliphatic carbocycles. The number of sulfonamides is 2. The molecule has 1 rings (SSSR count). The second kappa shape index (κ2) is 7.26. The SMILES string of the molecule is CNS(=O)(=O)c1ccccc1NS(=O)(=O)CCCCCl. The molecule has 0 bridgehead atoms. The van der Waals surface area contributed by atoms with Crippen LogP contribution < -0.4 is 9.44 Å². The molecule has 2 N–H and O–H groups in total. The summed E-state index contributed by atoms with van der Waals surface area (Å²) < 4.78 is 51.8. The predicted octanol–water partition coefficient (Wildman–Crippen LogP) is 1.36. The smallest absolute Gasteiger partial charge is 0.242 e. The molecule has 0 aliphatic rings. The Labute approximate surface area is 124 Å². The first-order valence-electron chi connectivity index (χ1n) is 5.91. The van der Waals surface area contributed by atoms with Crippen LogP contribution in [0.2, 0.25) is 0 Å². The van der Waals surface area contributed by atoms with E-state index >= 15 is 0 Å². The number of hydrogen-bond donors (Lipinski definition) is 2. The highest BCUT2D eigenvalue weighted by molar-refractivity contribution is 7.93. The number of unbranched alkanes of at least 4 members (excludes halogenated alkanes) is 1. The zero-order chi connectivity index (χ0) is 15.2. The van der Waals surface area contributed by atoms with Gasteiger partial charge >= 0.3 is 0 Å². The number of rotatable bonds is 8. The van der Waals surface area contributed by atoms with Gasteiger partial charge in [0.1, 0.15) is 4.90 Å². The minimum absolute atomic E-state index is 0.0349. The Balaban J connectivity index is 2.99. The fourth-order valence-corrected chi connectivity index (χ4v) is 3.84. The minimum atomic E-state index is -3.72. The highest BCUT2D eigenvalue weighted by Gasteiger charge is 2.19. The van der Waals surface area contributed by atoms with E-state index in [1.807, 2.05) is 0 Å². The molecule has 0 unspecified atom stereocenters. The Morgan fingerprint density at radius 3 is 2.35 bits per heavy atom. The number of benzene rings is 1. The van der Waals surface area contributed by atoms with E-state index in [0.717, 1.165) is 0 Å². The Morgan fingerprint density at radius 2 is 1.75 bits per heavy atom. The number of alkyl halides is 1. The lowest BCUT2D eigenvalue weighted by Crippen LogP contribution is -2.23. The lowest BCUT2D eigenvalue weighted by molar-refractivity contribution is 0.588. The Kier molecular flexibility index (Phi) is 6.25. The number of hydrogen-bond acceptors (Lipinski definition) is 4. The van der Waals surface area contributed by atoms with Crippen molar-refractivity contribution in [2.45, 2.75) is 17.7 Å². The van der Waals surface area contributed by atoms with Crippen molar-refractivity contribution in [3.63, 3.8) is 0 Å². The summed E-state index contributed by atoms with van der Waals surface area (Å²) in [4.78, 5) is -0.108. The molecule has 0 atom stereocenters. The van der Waals surface area contributed by atoms with Crippen LogP contribution in [0.15, 0.2) is 29.2 Å². The first-order chi connectivity index (χ1) is 9.32. The average molecular weight is 341 g/mol. The quantitative estimate of drug-likeness (QED) is 0.552. The maximum Gasteiger partial charge on any atom is 0.242 e. The molecule has 0 aliphatic heterocycles. The molecule has 0 spiro atoms. The van der Waals surface area contributed by atoms with Crippen molar-refractivity contribution >= 4 is 37.3 Å². The summed E-state index contributed by atoms with van der Waals surface area (Å²) in [7, 11) is -6.06. The molecule has 0 fully saturated rings. The second-order valence-electron chi connectivity index (χ2n) is 4.02. The largest absolute Gasteiger partial charge is 0.282 e. The summed E-state index contributed by atoms with van der Waals surface area (Å²) in [6.07, 6.45) is 0.999. The van der Waals surface area contributed by atoms with Crippen LogP contribution in [-0.2, 0) is 20.0 Å². The summed E-state index contributed by atoms with van der Waals surface area (Å²) in [5.41, 5.74) is 0.0349. The maximum absolute atomic E-state index is 11.9. The molecular weight excluding hydrogens is 324 g/mol. The zero-order valence-electron chi connectivity index (χ0n) is 11.0. The van der Waals surface area contributed by atoms with E-state index in [1.165, 1.54) is 25.2 Å². The van der Waals surface area contributed by atoms with Gasteiger partial charge in [-0.15, -0.1) is 11.6 Å². The molecule has 0 saturated heterocycles. The molecule has 0 aromatic heterocycles. The van der Waals surface area contributed by atoms with Crippen molar-refractivity contribution in [1.29, 1.82) is 0 Å². The van der Waals surface area contributed by atoms with E-state index in [-0.39, 0.29) is 16.3 Å². The third kappa shape index (κ3) is 4.93. The van der Waals surface area contributed by atoms with E-state index in [2.05, 4.69) is 9.44 Å². The lowest BCUT2D eigenvalue weighted by atomic mass is 10.3. The normalized spacial score (nSPS) is 12.3. The number of halogens is 1. The third-order valence-electron chi connectivity index (χ3n) is 2.51. The number of anilines is 1. The van der Waals surface area contributed by atoms with Crippen molar-refractivity contribution in [3.05, 3.63) is 24.3 Å². The average Bonchev–Trinajstić information content (AvgIpc) is 2.39. The Bertz CT molecular complexity index is 644. The Morgan fingerprint density at radius 1 is 1.10 bits per heavy atom. The molecule has 0 radical (unpaired) electrons. The van der Waals surface area contributed by atoms with E-state index in [4.69, 9.17) is 11.6 Å². The summed E-state index contributed by atoms with van der Waals surface area (Å²) in [6.45, 7) is 0. The molecule has 0 amide bonds. The van der Waals surface area contributed by atoms with Gasteiger partial charge in [0.15, 0.2) is 0 Å². The standard InChI is InChI=1S/C11H17ClN2O4S2/c1-13-20(17,18)11-7-3-2-6-10(11)14-19(15,16)9-5-4-8-12/h2-3,6-7,13-14H,4-5,8-9H2,1H3. The molecule has 9 heteroatoms. The van der Waals surface area contributed by atoms with Gasteiger partial charge in [0.05, 0.1) is 11.4 Å². The van der Waals surface area contributed by atoms with Crippen molar-refractivity contribution in [3.8, 4) is 0 Å². The van der Waals surface area contributed by atoms with Crippen LogP contribution in [0.25, 0.3) is 0 Å². The van der Waals surface area contributed by atoms with Gasteiger partial charge in [0.25, 0.3) is 0 Å². The molecule has 0 heterocycles. The highest BCUT2D eigenvalue weighted by Crippen LogP contribution is 2.21. The topological polar surface area (TPSA) is 92.3 Å². The Hall–Kier alpha value is -0.830. The van der Waals surface area contributed by atoms with Crippen LogP contribution in [0.4, 0.5) is 5.69 Å². The van der Waals surface area contributed by atoms with Crippen LogP contribution in [0.3, 0.4) is 0 Å². The van der Waals surface area contributed by atoms with Gasteiger partial charge in [0, 0.05) is 5.88 Å². The summed E-state index contributed by atoms with van der Waals surface area (Å²) in [6, 6.07) is 5.83. The molecule has 0 saturated carbocycles. The van der Waals surface area contributed by atoms with Crippen molar-refractivity contribution in [2.24, 2.45) is 0 Å². The lowest BCUT2D eigenvalue weighted by Gasteiger charge is -2.12. The van der Waals surface area contributed by atoms with Gasteiger partial charge in [-0.25, -0.2) is 21.6 Å². The predicted molar refractivity (Wildman–Crippen MR) is 80.1 cm³/mol. The molecule has 1 aromatic carbocycles. The first kappa shape index (κ1) is 17.2. The van der Waals surface area contributed by atoms with E-state index in [1.54, 1.807) is 6.07 Å². The summed E-state index contributed by atoms with van der Waals surface area (Å²) >= 11 is 5.49. The van der Waals surface area contributed by atoms with Gasteiger partial charge in [-0.2, -0.15) is 0 Å². The van der Waals surface area contributed by atoms with Crippen molar-refractivity contribution < 1.29 is 16.8 Å². The van der Waals surface area contributed by atoms with Gasteiger partial charge in [0.2, 0.25) is 20.0 Å². The fraction of sp³-hybridized carbons (Fsp3) is 0.455. The second-order valence-corrected chi connectivity index (χ2v) is 8.10.